The molecule has 0 saturated carbocycles. The van der Waals surface area contributed by atoms with Crippen molar-refractivity contribution in [2.24, 2.45) is 0 Å². The van der Waals surface area contributed by atoms with E-state index in [4.69, 9.17) is 18.6 Å². The van der Waals surface area contributed by atoms with Crippen molar-refractivity contribution in [3.8, 4) is 11.5 Å². The highest BCUT2D eigenvalue weighted by molar-refractivity contribution is 5.76. The average molecular weight is 403 g/mol. The van der Waals surface area contributed by atoms with Crippen LogP contribution in [0.15, 0.2) is 41.0 Å². The van der Waals surface area contributed by atoms with Gasteiger partial charge >= 0.3 is 0 Å². The summed E-state index contributed by atoms with van der Waals surface area (Å²) in [5, 5.41) is 10.6. The van der Waals surface area contributed by atoms with Gasteiger partial charge in [0.2, 0.25) is 0 Å². The Hall–Kier alpha value is -2.35. The van der Waals surface area contributed by atoms with E-state index >= 15 is 0 Å². The minimum atomic E-state index is -0.702. The van der Waals surface area contributed by atoms with Crippen molar-refractivity contribution < 1.29 is 28.5 Å². The maximum absolute atomic E-state index is 11.0. The van der Waals surface area contributed by atoms with E-state index in [1.807, 2.05) is 19.1 Å². The molecular formula is C22H29NO6. The van der Waals surface area contributed by atoms with Gasteiger partial charge < -0.3 is 23.7 Å². The number of furan rings is 1. The van der Waals surface area contributed by atoms with Gasteiger partial charge in [-0.3, -0.25) is 9.69 Å². The number of hydrogen-bond donors (Lipinski definition) is 1. The lowest BCUT2D eigenvalue weighted by molar-refractivity contribution is 0.0286. The Balaban J connectivity index is 1.57. The molecule has 1 N–H and O–H groups in total. The third kappa shape index (κ3) is 6.59. The second-order valence-electron chi connectivity index (χ2n) is 7.13. The van der Waals surface area contributed by atoms with Crippen molar-refractivity contribution in [3.63, 3.8) is 0 Å². The predicted molar refractivity (Wildman–Crippen MR) is 107 cm³/mol. The first-order valence-electron chi connectivity index (χ1n) is 10.1. The van der Waals surface area contributed by atoms with Gasteiger partial charge in [0.25, 0.3) is 0 Å². The van der Waals surface area contributed by atoms with E-state index in [2.05, 4.69) is 4.90 Å². The lowest BCUT2D eigenvalue weighted by Gasteiger charge is -2.26. The van der Waals surface area contributed by atoms with Gasteiger partial charge in [-0.25, -0.2) is 0 Å². The average Bonchev–Trinajstić information content (AvgIpc) is 3.41. The van der Waals surface area contributed by atoms with Crippen LogP contribution < -0.4 is 9.47 Å². The molecule has 0 aliphatic carbocycles. The van der Waals surface area contributed by atoms with Crippen LogP contribution in [0, 0.1) is 0 Å². The number of carbonyl (C=O) groups excluding carboxylic acids is 1. The number of rotatable bonds is 12. The Kier molecular flexibility index (Phi) is 8.10. The summed E-state index contributed by atoms with van der Waals surface area (Å²) in [6.07, 6.45) is 3.99. The summed E-state index contributed by atoms with van der Waals surface area (Å²) < 4.78 is 22.5. The molecular weight excluding hydrogens is 374 g/mol. The van der Waals surface area contributed by atoms with Crippen LogP contribution in [0.4, 0.5) is 0 Å². The topological polar surface area (TPSA) is 81.4 Å². The number of ether oxygens (including phenoxy) is 3. The van der Waals surface area contributed by atoms with Gasteiger partial charge in [-0.1, -0.05) is 0 Å². The van der Waals surface area contributed by atoms with E-state index < -0.39 is 6.10 Å². The van der Waals surface area contributed by atoms with Crippen molar-refractivity contribution in [1.29, 1.82) is 0 Å². The first-order chi connectivity index (χ1) is 14.2. The lowest BCUT2D eigenvalue weighted by Crippen LogP contribution is -2.39. The summed E-state index contributed by atoms with van der Waals surface area (Å²) in [7, 11) is 0. The normalized spacial score (nSPS) is 17.4. The third-order valence-corrected chi connectivity index (χ3v) is 4.75. The molecule has 29 heavy (non-hydrogen) atoms. The second-order valence-corrected chi connectivity index (χ2v) is 7.13. The number of aldehydes is 1. The van der Waals surface area contributed by atoms with Gasteiger partial charge in [0.15, 0.2) is 11.5 Å². The van der Waals surface area contributed by atoms with Gasteiger partial charge in [0.05, 0.1) is 25.5 Å². The van der Waals surface area contributed by atoms with Crippen molar-refractivity contribution in [2.45, 2.75) is 38.5 Å². The minimum Gasteiger partial charge on any atom is -0.490 e. The number of hydrogen-bond acceptors (Lipinski definition) is 7. The van der Waals surface area contributed by atoms with E-state index in [-0.39, 0.29) is 12.7 Å². The van der Waals surface area contributed by atoms with Gasteiger partial charge in [-0.15, -0.1) is 0 Å². The fourth-order valence-electron chi connectivity index (χ4n) is 3.43. The molecule has 0 radical (unpaired) electrons. The Morgan fingerprint density at radius 1 is 1.31 bits per heavy atom. The van der Waals surface area contributed by atoms with Crippen LogP contribution >= 0.6 is 0 Å². The molecule has 3 rings (SSSR count). The van der Waals surface area contributed by atoms with E-state index in [1.165, 1.54) is 0 Å². The van der Waals surface area contributed by atoms with Crippen LogP contribution in [0.2, 0.25) is 0 Å². The van der Waals surface area contributed by atoms with Crippen LogP contribution in [-0.4, -0.2) is 61.4 Å². The molecule has 1 saturated heterocycles. The summed E-state index contributed by atoms with van der Waals surface area (Å²) in [4.78, 5) is 13.1. The van der Waals surface area contributed by atoms with Crippen LogP contribution in [0.1, 0.15) is 35.9 Å². The fourth-order valence-corrected chi connectivity index (χ4v) is 3.43. The highest BCUT2D eigenvalue weighted by atomic mass is 16.5. The van der Waals surface area contributed by atoms with E-state index in [0.29, 0.717) is 36.8 Å². The zero-order valence-electron chi connectivity index (χ0n) is 16.8. The van der Waals surface area contributed by atoms with Gasteiger partial charge in [0, 0.05) is 25.3 Å². The van der Waals surface area contributed by atoms with Crippen molar-refractivity contribution in [1.82, 2.24) is 4.90 Å². The number of carbonyl (C=O) groups is 1. The van der Waals surface area contributed by atoms with Crippen molar-refractivity contribution in [2.75, 3.05) is 32.9 Å². The van der Waals surface area contributed by atoms with E-state index in [1.54, 1.807) is 24.5 Å². The minimum absolute atomic E-state index is 0.112. The maximum atomic E-state index is 11.0. The molecule has 158 valence electrons. The molecule has 0 spiro atoms. The Bertz CT molecular complexity index is 742. The highest BCUT2D eigenvalue weighted by Crippen LogP contribution is 2.28. The fraction of sp³-hybridized carbons (Fsp3) is 0.500. The molecule has 1 aromatic heterocycles. The Morgan fingerprint density at radius 2 is 2.21 bits per heavy atom. The smallest absolute Gasteiger partial charge is 0.161 e. The Labute approximate surface area is 171 Å². The van der Waals surface area contributed by atoms with Gasteiger partial charge in [-0.2, -0.15) is 0 Å². The van der Waals surface area contributed by atoms with Crippen LogP contribution in [0.3, 0.4) is 0 Å². The van der Waals surface area contributed by atoms with Crippen LogP contribution in [0.5, 0.6) is 11.5 Å². The van der Waals surface area contributed by atoms with Gasteiger partial charge in [-0.05, 0) is 50.1 Å². The molecule has 2 aromatic rings. The summed E-state index contributed by atoms with van der Waals surface area (Å²) in [6.45, 7) is 4.99. The molecule has 2 heterocycles. The summed E-state index contributed by atoms with van der Waals surface area (Å²) in [6, 6.07) is 8.77. The molecule has 1 aliphatic heterocycles. The SMILES string of the molecule is CCOc1cc(C=O)ccc1OCC(O)CN(Cc1ccco1)CC1CCCO1. The highest BCUT2D eigenvalue weighted by Gasteiger charge is 2.22. The number of benzene rings is 1. The molecule has 2 unspecified atom stereocenters. The van der Waals surface area contributed by atoms with Gasteiger partial charge in [0.1, 0.15) is 24.8 Å². The zero-order chi connectivity index (χ0) is 20.5. The molecule has 2 atom stereocenters. The summed E-state index contributed by atoms with van der Waals surface area (Å²) in [5.74, 6) is 1.85. The number of aliphatic hydroxyl groups is 1. The molecule has 1 fully saturated rings. The molecule has 0 bridgehead atoms. The molecule has 1 aliphatic rings. The second kappa shape index (κ2) is 11.0. The third-order valence-electron chi connectivity index (χ3n) is 4.75. The molecule has 1 aromatic carbocycles. The Morgan fingerprint density at radius 3 is 2.90 bits per heavy atom. The zero-order valence-corrected chi connectivity index (χ0v) is 16.8. The van der Waals surface area contributed by atoms with E-state index in [9.17, 15) is 9.90 Å². The number of nitrogens with zero attached hydrogens (tertiary/aromatic N) is 1. The molecule has 7 nitrogen and oxygen atoms in total. The van der Waals surface area contributed by atoms with E-state index in [0.717, 1.165) is 38.0 Å². The summed E-state index contributed by atoms with van der Waals surface area (Å²) in [5.41, 5.74) is 0.516. The van der Waals surface area contributed by atoms with Crippen LogP contribution in [-0.2, 0) is 11.3 Å². The predicted octanol–water partition coefficient (Wildman–Crippen LogP) is 2.91. The van der Waals surface area contributed by atoms with Crippen LogP contribution in [0.25, 0.3) is 0 Å². The lowest BCUT2D eigenvalue weighted by atomic mass is 10.2. The monoisotopic (exact) mass is 403 g/mol. The molecule has 7 heteroatoms. The number of aliphatic hydroxyl groups excluding tert-OH is 1. The largest absolute Gasteiger partial charge is 0.490 e. The first kappa shape index (κ1) is 21.4. The quantitative estimate of drug-likeness (QED) is 0.546. The standard InChI is InChI=1S/C22H29NO6/c1-2-26-22-11-17(15-24)7-8-21(22)29-16-18(25)12-23(13-19-5-3-9-27-19)14-20-6-4-10-28-20/h3,5,7-9,11,15,18,20,25H,2,4,6,10,12-14,16H2,1H3. The van der Waals surface area contributed by atoms with Crippen molar-refractivity contribution in [3.05, 3.63) is 47.9 Å². The maximum Gasteiger partial charge on any atom is 0.161 e. The molecule has 0 amide bonds. The summed E-state index contributed by atoms with van der Waals surface area (Å²) >= 11 is 0. The van der Waals surface area contributed by atoms with Crippen molar-refractivity contribution >= 4 is 6.29 Å². The first-order valence-corrected chi connectivity index (χ1v) is 10.1.